The van der Waals surface area contributed by atoms with E-state index in [9.17, 15) is 4.79 Å². The number of anilines is 1. The van der Waals surface area contributed by atoms with Crippen LogP contribution < -0.4 is 4.90 Å². The number of benzene rings is 1. The van der Waals surface area contributed by atoms with Crippen LogP contribution in [-0.4, -0.2) is 27.6 Å². The van der Waals surface area contributed by atoms with Crippen molar-refractivity contribution in [1.29, 1.82) is 0 Å². The molecule has 2 aromatic rings. The van der Waals surface area contributed by atoms with Crippen molar-refractivity contribution in [2.45, 2.75) is 18.3 Å². The van der Waals surface area contributed by atoms with Gasteiger partial charge in [-0.05, 0) is 23.8 Å². The second-order valence-electron chi connectivity index (χ2n) is 4.68. The molecule has 19 heavy (non-hydrogen) atoms. The molecular weight excluding hydrogens is 262 g/mol. The summed E-state index contributed by atoms with van der Waals surface area (Å²) in [5.74, 6) is 0.0971. The third-order valence-electron chi connectivity index (χ3n) is 3.23. The summed E-state index contributed by atoms with van der Waals surface area (Å²) >= 11 is 6.00. The number of carbonyl (C=O) groups is 1. The molecule has 1 fully saturated rings. The van der Waals surface area contributed by atoms with Crippen LogP contribution in [0.1, 0.15) is 12.0 Å². The van der Waals surface area contributed by atoms with Gasteiger partial charge in [-0.15, -0.1) is 11.6 Å². The summed E-state index contributed by atoms with van der Waals surface area (Å²) < 4.78 is 1.87. The molecule has 0 radical (unpaired) electrons. The van der Waals surface area contributed by atoms with E-state index in [4.69, 9.17) is 11.6 Å². The first-order valence-electron chi connectivity index (χ1n) is 6.23. The van der Waals surface area contributed by atoms with Gasteiger partial charge in [-0.1, -0.05) is 12.1 Å². The van der Waals surface area contributed by atoms with Crippen LogP contribution in [0.5, 0.6) is 0 Å². The van der Waals surface area contributed by atoms with Crippen LogP contribution in [0.15, 0.2) is 42.7 Å². The quantitative estimate of drug-likeness (QED) is 0.806. The topological polar surface area (TPSA) is 38.1 Å². The number of halogens is 1. The van der Waals surface area contributed by atoms with Gasteiger partial charge in [0, 0.05) is 31.0 Å². The zero-order chi connectivity index (χ0) is 13.2. The Hall–Kier alpha value is -1.81. The first-order chi connectivity index (χ1) is 9.22. The highest BCUT2D eigenvalue weighted by Crippen LogP contribution is 2.24. The second kappa shape index (κ2) is 5.05. The fourth-order valence-electron chi connectivity index (χ4n) is 2.28. The van der Waals surface area contributed by atoms with Crippen LogP contribution in [0, 0.1) is 0 Å². The lowest BCUT2D eigenvalue weighted by molar-refractivity contribution is -0.117. The lowest BCUT2D eigenvalue weighted by atomic mass is 10.2. The van der Waals surface area contributed by atoms with Crippen LogP contribution in [0.4, 0.5) is 5.69 Å². The first-order valence-corrected chi connectivity index (χ1v) is 6.67. The predicted molar refractivity (Wildman–Crippen MR) is 74.4 cm³/mol. The molecule has 1 aromatic carbocycles. The normalized spacial score (nSPS) is 19.1. The Bertz CT molecular complexity index is 565. The van der Waals surface area contributed by atoms with E-state index in [1.807, 2.05) is 41.2 Å². The summed E-state index contributed by atoms with van der Waals surface area (Å²) in [6.07, 6.45) is 4.12. The highest BCUT2D eigenvalue weighted by Gasteiger charge is 2.28. The molecule has 0 saturated carbocycles. The Morgan fingerprint density at radius 1 is 1.32 bits per heavy atom. The lowest BCUT2D eigenvalue weighted by Crippen LogP contribution is -2.24. The van der Waals surface area contributed by atoms with E-state index < -0.39 is 0 Å². The van der Waals surface area contributed by atoms with Gasteiger partial charge in [-0.2, -0.15) is 5.10 Å². The van der Waals surface area contributed by atoms with Crippen LogP contribution in [-0.2, 0) is 11.3 Å². The van der Waals surface area contributed by atoms with Crippen LogP contribution in [0.25, 0.3) is 0 Å². The molecule has 0 N–H and O–H groups in total. The van der Waals surface area contributed by atoms with Crippen molar-refractivity contribution in [2.24, 2.45) is 0 Å². The highest BCUT2D eigenvalue weighted by molar-refractivity contribution is 6.24. The molecule has 1 atom stereocenters. The van der Waals surface area contributed by atoms with E-state index in [0.717, 1.165) is 17.8 Å². The summed E-state index contributed by atoms with van der Waals surface area (Å²) in [4.78, 5) is 13.5. The monoisotopic (exact) mass is 275 g/mol. The van der Waals surface area contributed by atoms with Crippen molar-refractivity contribution < 1.29 is 4.79 Å². The minimum Gasteiger partial charge on any atom is -0.311 e. The van der Waals surface area contributed by atoms with Gasteiger partial charge in [0.15, 0.2) is 0 Å². The van der Waals surface area contributed by atoms with E-state index in [-0.39, 0.29) is 11.3 Å². The number of hydrogen-bond donors (Lipinski definition) is 0. The average Bonchev–Trinajstić information content (AvgIpc) is 3.00. The molecule has 0 spiro atoms. The summed E-state index contributed by atoms with van der Waals surface area (Å²) in [5, 5.41) is 4.10. The Labute approximate surface area is 116 Å². The van der Waals surface area contributed by atoms with Gasteiger partial charge >= 0.3 is 0 Å². The molecule has 98 valence electrons. The third-order valence-corrected chi connectivity index (χ3v) is 3.52. The molecule has 1 amide bonds. The van der Waals surface area contributed by atoms with Crippen molar-refractivity contribution >= 4 is 23.2 Å². The van der Waals surface area contributed by atoms with Crippen molar-refractivity contribution in [1.82, 2.24) is 9.78 Å². The zero-order valence-electron chi connectivity index (χ0n) is 10.4. The maximum Gasteiger partial charge on any atom is 0.228 e. The van der Waals surface area contributed by atoms with E-state index in [1.165, 1.54) is 0 Å². The Morgan fingerprint density at radius 2 is 2.11 bits per heavy atom. The van der Waals surface area contributed by atoms with Crippen molar-refractivity contribution in [3.05, 3.63) is 48.3 Å². The molecule has 2 heterocycles. The minimum atomic E-state index is -0.0729. The maximum atomic E-state index is 11.8. The third kappa shape index (κ3) is 2.63. The van der Waals surface area contributed by atoms with E-state index >= 15 is 0 Å². The van der Waals surface area contributed by atoms with E-state index in [2.05, 4.69) is 5.10 Å². The van der Waals surface area contributed by atoms with Gasteiger partial charge in [0.05, 0.1) is 11.9 Å². The Morgan fingerprint density at radius 3 is 2.68 bits per heavy atom. The van der Waals surface area contributed by atoms with E-state index in [1.54, 1.807) is 11.1 Å². The summed E-state index contributed by atoms with van der Waals surface area (Å²) in [5.41, 5.74) is 2.07. The minimum absolute atomic E-state index is 0.0729. The molecule has 1 saturated heterocycles. The number of hydrogen-bond acceptors (Lipinski definition) is 2. The van der Waals surface area contributed by atoms with Crippen LogP contribution in [0.2, 0.25) is 0 Å². The van der Waals surface area contributed by atoms with Gasteiger partial charge in [-0.3, -0.25) is 9.48 Å². The fourth-order valence-corrected chi connectivity index (χ4v) is 2.55. The van der Waals surface area contributed by atoms with Gasteiger partial charge in [0.2, 0.25) is 5.91 Å². The maximum absolute atomic E-state index is 11.8. The molecule has 1 aromatic heterocycles. The number of carbonyl (C=O) groups excluding carboxylic acids is 1. The molecule has 0 aliphatic carbocycles. The van der Waals surface area contributed by atoms with E-state index in [0.29, 0.717) is 13.0 Å². The standard InChI is InChI=1S/C14H14ClN3O/c15-12-8-14(19)18(10-12)13-4-2-11(3-5-13)9-17-7-1-6-16-17/h1-7,12H,8-10H2. The molecular formula is C14H14ClN3O. The van der Waals surface area contributed by atoms with Gasteiger partial charge < -0.3 is 4.90 Å². The summed E-state index contributed by atoms with van der Waals surface area (Å²) in [6.45, 7) is 1.33. The smallest absolute Gasteiger partial charge is 0.228 e. The van der Waals surface area contributed by atoms with Crippen LogP contribution in [0.3, 0.4) is 0 Å². The Kier molecular flexibility index (Phi) is 3.25. The number of aromatic nitrogens is 2. The first kappa shape index (κ1) is 12.2. The van der Waals surface area contributed by atoms with Crippen molar-refractivity contribution in [3.8, 4) is 0 Å². The van der Waals surface area contributed by atoms with Gasteiger partial charge in [0.25, 0.3) is 0 Å². The molecule has 3 rings (SSSR count). The summed E-state index contributed by atoms with van der Waals surface area (Å²) in [6, 6.07) is 9.87. The molecule has 4 nitrogen and oxygen atoms in total. The predicted octanol–water partition coefficient (Wildman–Crippen LogP) is 2.28. The Balaban J connectivity index is 1.74. The zero-order valence-corrected chi connectivity index (χ0v) is 11.1. The number of alkyl halides is 1. The molecule has 1 aliphatic heterocycles. The molecule has 0 bridgehead atoms. The number of amides is 1. The summed E-state index contributed by atoms with van der Waals surface area (Å²) in [7, 11) is 0. The van der Waals surface area contributed by atoms with Crippen molar-refractivity contribution in [2.75, 3.05) is 11.4 Å². The lowest BCUT2D eigenvalue weighted by Gasteiger charge is -2.16. The highest BCUT2D eigenvalue weighted by atomic mass is 35.5. The van der Waals surface area contributed by atoms with Gasteiger partial charge in [-0.25, -0.2) is 0 Å². The molecule has 1 unspecified atom stereocenters. The average molecular weight is 276 g/mol. The van der Waals surface area contributed by atoms with Crippen molar-refractivity contribution in [3.63, 3.8) is 0 Å². The van der Waals surface area contributed by atoms with Crippen LogP contribution >= 0.6 is 11.6 Å². The largest absolute Gasteiger partial charge is 0.311 e. The number of rotatable bonds is 3. The molecule has 5 heteroatoms. The van der Waals surface area contributed by atoms with Gasteiger partial charge in [0.1, 0.15) is 0 Å². The SMILES string of the molecule is O=C1CC(Cl)CN1c1ccc(Cn2cccn2)cc1. The number of nitrogens with zero attached hydrogens (tertiary/aromatic N) is 3. The molecule has 1 aliphatic rings. The second-order valence-corrected chi connectivity index (χ2v) is 5.29. The fraction of sp³-hybridized carbons (Fsp3) is 0.286.